The first kappa shape index (κ1) is 22.3. The molecule has 0 unspecified atom stereocenters. The van der Waals surface area contributed by atoms with Crippen molar-refractivity contribution in [1.82, 2.24) is 9.97 Å². The van der Waals surface area contributed by atoms with Gasteiger partial charge in [0.15, 0.2) is 0 Å². The Labute approximate surface area is 235 Å². The van der Waals surface area contributed by atoms with E-state index in [4.69, 9.17) is 14.4 Å². The van der Waals surface area contributed by atoms with E-state index in [1.165, 1.54) is 32.3 Å². The molecule has 41 heavy (non-hydrogen) atoms. The summed E-state index contributed by atoms with van der Waals surface area (Å²) in [5.41, 5.74) is 7.50. The summed E-state index contributed by atoms with van der Waals surface area (Å²) in [6, 6.07) is 46.7. The first-order valence-electron chi connectivity index (χ1n) is 13.8. The smallest absolute Gasteiger partial charge is 0.136 e. The predicted molar refractivity (Wildman–Crippen MR) is 170 cm³/mol. The number of furan rings is 1. The molecule has 0 radical (unpaired) electrons. The fraction of sp³-hybridized carbons (Fsp3) is 0. The summed E-state index contributed by atoms with van der Waals surface area (Å²) in [5, 5.41) is 9.53. The van der Waals surface area contributed by atoms with Gasteiger partial charge in [-0.1, -0.05) is 97.1 Å². The molecule has 9 aromatic rings. The Hall–Kier alpha value is -5.54. The molecule has 0 aliphatic carbocycles. The van der Waals surface area contributed by atoms with Crippen LogP contribution in [0.4, 0.5) is 0 Å². The number of para-hydroxylation sites is 3. The van der Waals surface area contributed by atoms with Crippen LogP contribution in [0.2, 0.25) is 0 Å². The van der Waals surface area contributed by atoms with Crippen molar-refractivity contribution in [3.63, 3.8) is 0 Å². The predicted octanol–water partition coefficient (Wildman–Crippen LogP) is 10.3. The molecule has 0 bridgehead atoms. The van der Waals surface area contributed by atoms with Crippen LogP contribution in [0.25, 0.3) is 87.8 Å². The van der Waals surface area contributed by atoms with Gasteiger partial charge in [0.25, 0.3) is 0 Å². The van der Waals surface area contributed by atoms with E-state index >= 15 is 0 Å². The number of hydrogen-bond donors (Lipinski definition) is 0. The molecule has 9 rings (SSSR count). The summed E-state index contributed by atoms with van der Waals surface area (Å²) in [4.78, 5) is 10.2. The van der Waals surface area contributed by atoms with Crippen LogP contribution in [0.5, 0.6) is 0 Å². The van der Waals surface area contributed by atoms with Crippen molar-refractivity contribution in [3.8, 4) is 22.5 Å². The zero-order valence-corrected chi connectivity index (χ0v) is 22.0. The molecule has 0 amide bonds. The molecular weight excluding hydrogens is 500 g/mol. The Morgan fingerprint density at radius 1 is 0.390 bits per heavy atom. The van der Waals surface area contributed by atoms with Gasteiger partial charge < -0.3 is 4.42 Å². The quantitative estimate of drug-likeness (QED) is 0.212. The Morgan fingerprint density at radius 3 is 1.85 bits per heavy atom. The highest BCUT2D eigenvalue weighted by molar-refractivity contribution is 6.23. The summed E-state index contributed by atoms with van der Waals surface area (Å²) >= 11 is 0. The van der Waals surface area contributed by atoms with Gasteiger partial charge in [-0.3, -0.25) is 0 Å². The fourth-order valence-corrected chi connectivity index (χ4v) is 6.25. The second kappa shape index (κ2) is 8.48. The zero-order valence-electron chi connectivity index (χ0n) is 22.0. The van der Waals surface area contributed by atoms with E-state index in [1.54, 1.807) is 0 Å². The van der Waals surface area contributed by atoms with Crippen LogP contribution < -0.4 is 0 Å². The summed E-state index contributed by atoms with van der Waals surface area (Å²) in [6.45, 7) is 0. The molecule has 0 atom stereocenters. The van der Waals surface area contributed by atoms with Gasteiger partial charge in [0.1, 0.15) is 11.2 Å². The third-order valence-corrected chi connectivity index (χ3v) is 8.20. The van der Waals surface area contributed by atoms with Gasteiger partial charge in [0.05, 0.1) is 22.4 Å². The average molecular weight is 523 g/mol. The van der Waals surface area contributed by atoms with E-state index in [0.29, 0.717) is 0 Å². The van der Waals surface area contributed by atoms with Crippen molar-refractivity contribution in [2.75, 3.05) is 0 Å². The van der Waals surface area contributed by atoms with Crippen molar-refractivity contribution in [2.24, 2.45) is 0 Å². The van der Waals surface area contributed by atoms with Gasteiger partial charge in [0, 0.05) is 21.9 Å². The highest BCUT2D eigenvalue weighted by Crippen LogP contribution is 2.39. The number of hydrogen-bond acceptors (Lipinski definition) is 3. The SMILES string of the molecule is c1ccc(-c2nc3ccccc3nc2-c2ccc3c(ccc4ccc5cc6c(cc5c43)oc3ccccc36)c2)cc1. The second-order valence-electron chi connectivity index (χ2n) is 10.6. The minimum atomic E-state index is 0.888. The lowest BCUT2D eigenvalue weighted by Gasteiger charge is -2.13. The number of nitrogens with zero attached hydrogens (tertiary/aromatic N) is 2. The monoisotopic (exact) mass is 522 g/mol. The number of fused-ring (bicyclic) bond motifs is 9. The zero-order chi connectivity index (χ0) is 26.9. The van der Waals surface area contributed by atoms with Crippen molar-refractivity contribution in [1.29, 1.82) is 0 Å². The Kier molecular flexibility index (Phi) is 4.61. The third-order valence-electron chi connectivity index (χ3n) is 8.20. The molecule has 2 aromatic heterocycles. The molecule has 2 heterocycles. The number of benzene rings is 7. The molecular formula is C38H22N2O. The summed E-state index contributed by atoms with van der Waals surface area (Å²) in [5.74, 6) is 0. The number of aromatic nitrogens is 2. The average Bonchev–Trinajstić information content (AvgIpc) is 3.40. The van der Waals surface area contributed by atoms with E-state index in [0.717, 1.165) is 55.5 Å². The van der Waals surface area contributed by atoms with Crippen LogP contribution in [-0.4, -0.2) is 9.97 Å². The second-order valence-corrected chi connectivity index (χ2v) is 10.6. The van der Waals surface area contributed by atoms with Crippen LogP contribution in [0.1, 0.15) is 0 Å². The van der Waals surface area contributed by atoms with E-state index in [2.05, 4.69) is 78.9 Å². The molecule has 3 nitrogen and oxygen atoms in total. The third kappa shape index (κ3) is 3.39. The minimum absolute atomic E-state index is 0.888. The van der Waals surface area contributed by atoms with Crippen molar-refractivity contribution in [2.45, 2.75) is 0 Å². The first-order valence-corrected chi connectivity index (χ1v) is 13.8. The molecule has 190 valence electrons. The molecule has 0 spiro atoms. The van der Waals surface area contributed by atoms with Crippen LogP contribution in [-0.2, 0) is 0 Å². The van der Waals surface area contributed by atoms with E-state index in [-0.39, 0.29) is 0 Å². The molecule has 7 aromatic carbocycles. The minimum Gasteiger partial charge on any atom is -0.456 e. The molecule has 0 saturated heterocycles. The Morgan fingerprint density at radius 2 is 1.05 bits per heavy atom. The van der Waals surface area contributed by atoms with E-state index in [9.17, 15) is 0 Å². The number of rotatable bonds is 2. The molecule has 0 aliphatic heterocycles. The van der Waals surface area contributed by atoms with Gasteiger partial charge in [-0.15, -0.1) is 0 Å². The first-order chi connectivity index (χ1) is 20.3. The van der Waals surface area contributed by atoms with Gasteiger partial charge in [0.2, 0.25) is 0 Å². The maximum absolute atomic E-state index is 6.27. The summed E-state index contributed by atoms with van der Waals surface area (Å²) in [7, 11) is 0. The topological polar surface area (TPSA) is 38.9 Å². The molecule has 3 heteroatoms. The lowest BCUT2D eigenvalue weighted by molar-refractivity contribution is 0.669. The standard InChI is InChI=1S/C38H22N2O/c1-2-8-24(9-3-1)37-38(40-33-12-6-5-11-32(33)39-37)27-18-19-28-25(20-27)16-14-23-15-17-26-21-31-29-10-4-7-13-34(29)41-35(31)22-30(26)36(23)28/h1-22H. The highest BCUT2D eigenvalue weighted by Gasteiger charge is 2.15. The maximum atomic E-state index is 6.27. The van der Waals surface area contributed by atoms with Crippen molar-refractivity contribution in [3.05, 3.63) is 133 Å². The lowest BCUT2D eigenvalue weighted by atomic mass is 9.93. The lowest BCUT2D eigenvalue weighted by Crippen LogP contribution is -1.95. The fourth-order valence-electron chi connectivity index (χ4n) is 6.25. The molecule has 0 N–H and O–H groups in total. The molecule has 0 saturated carbocycles. The summed E-state index contributed by atoms with van der Waals surface area (Å²) < 4.78 is 6.27. The van der Waals surface area contributed by atoms with Crippen molar-refractivity contribution < 1.29 is 4.42 Å². The maximum Gasteiger partial charge on any atom is 0.136 e. The molecule has 0 aliphatic rings. The van der Waals surface area contributed by atoms with Crippen LogP contribution in [0.15, 0.2) is 138 Å². The molecule has 0 fully saturated rings. The van der Waals surface area contributed by atoms with Crippen LogP contribution >= 0.6 is 0 Å². The largest absolute Gasteiger partial charge is 0.456 e. The normalized spacial score (nSPS) is 11.9. The van der Waals surface area contributed by atoms with Gasteiger partial charge in [-0.05, 0) is 68.7 Å². The Bertz CT molecular complexity index is 2470. The van der Waals surface area contributed by atoms with Crippen LogP contribution in [0.3, 0.4) is 0 Å². The van der Waals surface area contributed by atoms with Crippen LogP contribution in [0, 0.1) is 0 Å². The summed E-state index contributed by atoms with van der Waals surface area (Å²) in [6.07, 6.45) is 0. The van der Waals surface area contributed by atoms with Gasteiger partial charge in [-0.25, -0.2) is 9.97 Å². The van der Waals surface area contributed by atoms with Crippen molar-refractivity contribution >= 4 is 65.3 Å². The van der Waals surface area contributed by atoms with Gasteiger partial charge >= 0.3 is 0 Å². The van der Waals surface area contributed by atoms with E-state index in [1.807, 2.05) is 54.6 Å². The Balaban J connectivity index is 1.31. The van der Waals surface area contributed by atoms with Gasteiger partial charge in [-0.2, -0.15) is 0 Å². The van der Waals surface area contributed by atoms with E-state index < -0.39 is 0 Å². The highest BCUT2D eigenvalue weighted by atomic mass is 16.3.